The number of hydrogen-bond acceptors (Lipinski definition) is 3. The highest BCUT2D eigenvalue weighted by atomic mass is 35.5. The van der Waals surface area contributed by atoms with Crippen LogP contribution in [0.1, 0.15) is 37.7 Å². The van der Waals surface area contributed by atoms with Gasteiger partial charge in [0.05, 0.1) is 0 Å². The third kappa shape index (κ3) is 3.15. The number of pyridine rings is 1. The Balaban J connectivity index is 1.89. The fraction of sp³-hybridized carbons (Fsp3) is 0.0455. The van der Waals surface area contributed by atoms with Crippen LogP contribution in [0.15, 0.2) is 72.9 Å². The molecule has 5 heteroatoms. The Morgan fingerprint density at radius 3 is 2.19 bits per heavy atom. The summed E-state index contributed by atoms with van der Waals surface area (Å²) in [6, 6.07) is 19.2. The van der Waals surface area contributed by atoms with Crippen LogP contribution in [0.25, 0.3) is 5.65 Å². The average Bonchev–Trinajstić information content (AvgIpc) is 3.07. The molecular formula is C22H15ClN2O2. The molecule has 4 aromatic rings. The Bertz CT molecular complexity index is 1160. The first-order valence-corrected chi connectivity index (χ1v) is 8.81. The van der Waals surface area contributed by atoms with Crippen LogP contribution in [0.3, 0.4) is 0 Å². The minimum atomic E-state index is -0.281. The van der Waals surface area contributed by atoms with E-state index in [4.69, 9.17) is 11.6 Å². The minimum Gasteiger partial charge on any atom is -0.296 e. The quantitative estimate of drug-likeness (QED) is 0.484. The SMILES string of the molecule is Cc1ccc(C(=O)c2nc3ccccn3c2C(=O)c2ccc(Cl)cc2)cc1. The number of ketones is 2. The van der Waals surface area contributed by atoms with Gasteiger partial charge in [0.2, 0.25) is 11.6 Å². The van der Waals surface area contributed by atoms with E-state index in [1.165, 1.54) is 0 Å². The van der Waals surface area contributed by atoms with E-state index in [0.29, 0.717) is 21.8 Å². The summed E-state index contributed by atoms with van der Waals surface area (Å²) in [6.07, 6.45) is 1.73. The second kappa shape index (κ2) is 6.82. The summed E-state index contributed by atoms with van der Waals surface area (Å²) in [4.78, 5) is 30.7. The number of carbonyl (C=O) groups excluding carboxylic acids is 2. The normalized spacial score (nSPS) is 10.9. The molecule has 0 atom stereocenters. The molecule has 2 aromatic heterocycles. The van der Waals surface area contributed by atoms with Crippen molar-refractivity contribution in [2.75, 3.05) is 0 Å². The monoisotopic (exact) mass is 374 g/mol. The van der Waals surface area contributed by atoms with Gasteiger partial charge in [0.1, 0.15) is 17.0 Å². The molecule has 0 fully saturated rings. The zero-order valence-corrected chi connectivity index (χ0v) is 15.3. The van der Waals surface area contributed by atoms with Crippen molar-refractivity contribution in [3.63, 3.8) is 0 Å². The van der Waals surface area contributed by atoms with E-state index in [2.05, 4.69) is 4.98 Å². The van der Waals surface area contributed by atoms with E-state index < -0.39 is 0 Å². The summed E-state index contributed by atoms with van der Waals surface area (Å²) in [5, 5.41) is 0.542. The van der Waals surface area contributed by atoms with Crippen LogP contribution in [0.2, 0.25) is 5.02 Å². The predicted octanol–water partition coefficient (Wildman–Crippen LogP) is 4.76. The van der Waals surface area contributed by atoms with E-state index in [-0.39, 0.29) is 23.0 Å². The molecule has 0 aliphatic rings. The molecule has 0 aliphatic carbocycles. The first kappa shape index (κ1) is 17.2. The number of nitrogens with zero attached hydrogens (tertiary/aromatic N) is 2. The molecule has 0 unspecified atom stereocenters. The highest BCUT2D eigenvalue weighted by Gasteiger charge is 2.25. The van der Waals surface area contributed by atoms with Crippen molar-refractivity contribution in [2.45, 2.75) is 6.92 Å². The Labute approximate surface area is 161 Å². The number of halogens is 1. The lowest BCUT2D eigenvalue weighted by Gasteiger charge is -2.05. The molecule has 0 N–H and O–H groups in total. The maximum absolute atomic E-state index is 13.2. The lowest BCUT2D eigenvalue weighted by atomic mass is 10.0. The van der Waals surface area contributed by atoms with Crippen molar-refractivity contribution in [3.8, 4) is 0 Å². The summed E-state index contributed by atoms with van der Waals surface area (Å²) in [5.74, 6) is -0.558. The van der Waals surface area contributed by atoms with Crippen molar-refractivity contribution in [1.82, 2.24) is 9.38 Å². The second-order valence-corrected chi connectivity index (χ2v) is 6.71. The van der Waals surface area contributed by atoms with Crippen LogP contribution in [0, 0.1) is 6.92 Å². The van der Waals surface area contributed by atoms with Crippen LogP contribution < -0.4 is 0 Å². The van der Waals surface area contributed by atoms with Crippen LogP contribution in [0.5, 0.6) is 0 Å². The first-order valence-electron chi connectivity index (χ1n) is 8.43. The zero-order valence-electron chi connectivity index (χ0n) is 14.5. The van der Waals surface area contributed by atoms with Crippen molar-refractivity contribution in [2.24, 2.45) is 0 Å². The zero-order chi connectivity index (χ0) is 19.0. The maximum atomic E-state index is 13.2. The largest absolute Gasteiger partial charge is 0.296 e. The lowest BCUT2D eigenvalue weighted by Crippen LogP contribution is -2.12. The predicted molar refractivity (Wildman–Crippen MR) is 105 cm³/mol. The molecule has 0 bridgehead atoms. The van der Waals surface area contributed by atoms with E-state index in [1.54, 1.807) is 59.1 Å². The molecule has 0 aliphatic heterocycles. The van der Waals surface area contributed by atoms with Gasteiger partial charge in [-0.1, -0.05) is 47.5 Å². The highest BCUT2D eigenvalue weighted by molar-refractivity contribution is 6.30. The van der Waals surface area contributed by atoms with Gasteiger partial charge in [-0.05, 0) is 43.3 Å². The number of imidazole rings is 1. The van der Waals surface area contributed by atoms with E-state index in [9.17, 15) is 9.59 Å². The van der Waals surface area contributed by atoms with Crippen molar-refractivity contribution in [1.29, 1.82) is 0 Å². The molecule has 0 amide bonds. The number of carbonyl (C=O) groups is 2. The molecule has 27 heavy (non-hydrogen) atoms. The number of hydrogen-bond donors (Lipinski definition) is 0. The van der Waals surface area contributed by atoms with E-state index in [1.807, 2.05) is 25.1 Å². The van der Waals surface area contributed by atoms with Gasteiger partial charge in [0, 0.05) is 22.3 Å². The fourth-order valence-corrected chi connectivity index (χ4v) is 3.08. The van der Waals surface area contributed by atoms with Gasteiger partial charge in [0.15, 0.2) is 0 Å². The van der Waals surface area contributed by atoms with Gasteiger partial charge in [0.25, 0.3) is 0 Å². The van der Waals surface area contributed by atoms with Crippen molar-refractivity contribution < 1.29 is 9.59 Å². The van der Waals surface area contributed by atoms with Gasteiger partial charge in [-0.15, -0.1) is 0 Å². The summed E-state index contributed by atoms with van der Waals surface area (Å²) >= 11 is 5.93. The smallest absolute Gasteiger partial charge is 0.213 e. The number of aromatic nitrogens is 2. The Morgan fingerprint density at radius 2 is 1.48 bits per heavy atom. The second-order valence-electron chi connectivity index (χ2n) is 6.27. The Hall–Kier alpha value is -3.24. The van der Waals surface area contributed by atoms with Gasteiger partial charge in [-0.3, -0.25) is 14.0 Å². The molecule has 0 radical (unpaired) electrons. The molecule has 0 spiro atoms. The summed E-state index contributed by atoms with van der Waals surface area (Å²) in [5.41, 5.74) is 2.94. The summed E-state index contributed by atoms with van der Waals surface area (Å²) < 4.78 is 1.65. The van der Waals surface area contributed by atoms with E-state index in [0.717, 1.165) is 5.56 Å². The number of aryl methyl sites for hydroxylation is 1. The van der Waals surface area contributed by atoms with Gasteiger partial charge >= 0.3 is 0 Å². The van der Waals surface area contributed by atoms with Crippen LogP contribution >= 0.6 is 11.6 Å². The molecular weight excluding hydrogens is 360 g/mol. The van der Waals surface area contributed by atoms with Crippen molar-refractivity contribution in [3.05, 3.63) is 106 Å². The third-order valence-electron chi connectivity index (χ3n) is 4.38. The van der Waals surface area contributed by atoms with Crippen LogP contribution in [-0.2, 0) is 0 Å². The fourth-order valence-electron chi connectivity index (χ4n) is 2.95. The third-order valence-corrected chi connectivity index (χ3v) is 4.63. The summed E-state index contributed by atoms with van der Waals surface area (Å²) in [6.45, 7) is 1.95. The molecule has 4 nitrogen and oxygen atoms in total. The Morgan fingerprint density at radius 1 is 0.852 bits per heavy atom. The lowest BCUT2D eigenvalue weighted by molar-refractivity contribution is 0.0997. The number of fused-ring (bicyclic) bond motifs is 1. The van der Waals surface area contributed by atoms with Crippen LogP contribution in [-0.4, -0.2) is 21.0 Å². The maximum Gasteiger partial charge on any atom is 0.213 e. The first-order chi connectivity index (χ1) is 13.0. The topological polar surface area (TPSA) is 51.4 Å². The standard InChI is InChI=1S/C22H15ClN2O2/c1-14-5-7-15(8-6-14)21(26)19-20(25-13-3-2-4-18(25)24-19)22(27)16-9-11-17(23)12-10-16/h2-13H,1H3. The Kier molecular flexibility index (Phi) is 4.34. The van der Waals surface area contributed by atoms with Crippen molar-refractivity contribution >= 4 is 28.8 Å². The molecule has 4 rings (SSSR count). The van der Waals surface area contributed by atoms with Gasteiger partial charge < -0.3 is 0 Å². The van der Waals surface area contributed by atoms with Crippen LogP contribution in [0.4, 0.5) is 0 Å². The molecule has 132 valence electrons. The van der Waals surface area contributed by atoms with Gasteiger partial charge in [-0.25, -0.2) is 4.98 Å². The van der Waals surface area contributed by atoms with E-state index >= 15 is 0 Å². The molecule has 2 aromatic carbocycles. The molecule has 2 heterocycles. The van der Waals surface area contributed by atoms with Gasteiger partial charge in [-0.2, -0.15) is 0 Å². The highest BCUT2D eigenvalue weighted by Crippen LogP contribution is 2.21. The average molecular weight is 375 g/mol. The molecule has 0 saturated carbocycles. The minimum absolute atomic E-state index is 0.144. The number of rotatable bonds is 4. The summed E-state index contributed by atoms with van der Waals surface area (Å²) in [7, 11) is 0. The molecule has 0 saturated heterocycles. The number of benzene rings is 2.